The largest absolute Gasteiger partial charge is 0.361 e. The molecule has 1 N–H and O–H groups in total. The molecule has 0 radical (unpaired) electrons. The van der Waals surface area contributed by atoms with Gasteiger partial charge in [-0.05, 0) is 19.8 Å². The first-order valence-corrected chi connectivity index (χ1v) is 4.95. The summed E-state index contributed by atoms with van der Waals surface area (Å²) in [4.78, 5) is 11.4. The third kappa shape index (κ3) is 1.95. The molecule has 1 aliphatic rings. The molecule has 4 nitrogen and oxygen atoms in total. The SMILES string of the molecule is Cc1cc(CNC(=O)C2CCC2)no1. The van der Waals surface area contributed by atoms with E-state index in [1.165, 1.54) is 6.42 Å². The molecule has 0 aromatic carbocycles. The number of carbonyl (C=O) groups is 1. The third-order valence-electron chi connectivity index (χ3n) is 2.60. The Morgan fingerprint density at radius 3 is 3.00 bits per heavy atom. The van der Waals surface area contributed by atoms with E-state index < -0.39 is 0 Å². The van der Waals surface area contributed by atoms with Crippen LogP contribution in [0.3, 0.4) is 0 Å². The maximum atomic E-state index is 11.4. The first-order chi connectivity index (χ1) is 6.75. The van der Waals surface area contributed by atoms with Gasteiger partial charge in [-0.2, -0.15) is 0 Å². The van der Waals surface area contributed by atoms with E-state index in [1.54, 1.807) is 0 Å². The van der Waals surface area contributed by atoms with Gasteiger partial charge in [-0.3, -0.25) is 4.79 Å². The molecule has 1 amide bonds. The smallest absolute Gasteiger partial charge is 0.223 e. The van der Waals surface area contributed by atoms with Gasteiger partial charge in [-0.1, -0.05) is 11.6 Å². The minimum Gasteiger partial charge on any atom is -0.361 e. The molecule has 0 spiro atoms. The number of nitrogens with zero attached hydrogens (tertiary/aromatic N) is 1. The summed E-state index contributed by atoms with van der Waals surface area (Å²) in [6, 6.07) is 1.83. The van der Waals surface area contributed by atoms with Crippen molar-refractivity contribution in [3.8, 4) is 0 Å². The number of aryl methyl sites for hydroxylation is 1. The second-order valence-corrected chi connectivity index (χ2v) is 3.77. The van der Waals surface area contributed by atoms with Crippen LogP contribution in [0.15, 0.2) is 10.6 Å². The van der Waals surface area contributed by atoms with Crippen LogP contribution in [0.25, 0.3) is 0 Å². The summed E-state index contributed by atoms with van der Waals surface area (Å²) in [6.07, 6.45) is 3.24. The van der Waals surface area contributed by atoms with Gasteiger partial charge in [0.25, 0.3) is 0 Å². The van der Waals surface area contributed by atoms with Crippen molar-refractivity contribution in [3.05, 3.63) is 17.5 Å². The van der Waals surface area contributed by atoms with E-state index in [1.807, 2.05) is 13.0 Å². The van der Waals surface area contributed by atoms with E-state index in [0.29, 0.717) is 6.54 Å². The Balaban J connectivity index is 1.79. The maximum Gasteiger partial charge on any atom is 0.223 e. The fraction of sp³-hybridized carbons (Fsp3) is 0.600. The van der Waals surface area contributed by atoms with Crippen LogP contribution in [0.1, 0.15) is 30.7 Å². The molecule has 0 saturated heterocycles. The fourth-order valence-electron chi connectivity index (χ4n) is 1.49. The standard InChI is InChI=1S/C10H14N2O2/c1-7-5-9(12-14-7)6-11-10(13)8-3-2-4-8/h5,8H,2-4,6H2,1H3,(H,11,13). The molecule has 1 saturated carbocycles. The van der Waals surface area contributed by atoms with E-state index in [0.717, 1.165) is 24.3 Å². The monoisotopic (exact) mass is 194 g/mol. The topological polar surface area (TPSA) is 55.1 Å². The predicted octanol–water partition coefficient (Wildman–Crippen LogP) is 1.40. The van der Waals surface area contributed by atoms with Crippen molar-refractivity contribution in [1.82, 2.24) is 10.5 Å². The van der Waals surface area contributed by atoms with Crippen molar-refractivity contribution in [1.29, 1.82) is 0 Å². The molecule has 1 aromatic rings. The normalized spacial score (nSPS) is 16.4. The van der Waals surface area contributed by atoms with Crippen LogP contribution in [0.2, 0.25) is 0 Å². The fourth-order valence-corrected chi connectivity index (χ4v) is 1.49. The van der Waals surface area contributed by atoms with Crippen LogP contribution in [-0.4, -0.2) is 11.1 Å². The van der Waals surface area contributed by atoms with E-state index in [2.05, 4.69) is 10.5 Å². The van der Waals surface area contributed by atoms with Gasteiger partial charge in [-0.15, -0.1) is 0 Å². The summed E-state index contributed by atoms with van der Waals surface area (Å²) in [5.74, 6) is 1.16. The Hall–Kier alpha value is -1.32. The Bertz CT molecular complexity index is 329. The Morgan fingerprint density at radius 1 is 1.71 bits per heavy atom. The van der Waals surface area contributed by atoms with Gasteiger partial charge in [-0.25, -0.2) is 0 Å². The van der Waals surface area contributed by atoms with Crippen molar-refractivity contribution in [2.45, 2.75) is 32.7 Å². The highest BCUT2D eigenvalue weighted by atomic mass is 16.5. The van der Waals surface area contributed by atoms with Crippen LogP contribution in [0, 0.1) is 12.8 Å². The highest BCUT2D eigenvalue weighted by molar-refractivity contribution is 5.79. The minimum absolute atomic E-state index is 0.150. The molecule has 2 rings (SSSR count). The molecular formula is C10H14N2O2. The summed E-state index contributed by atoms with van der Waals surface area (Å²) in [5.41, 5.74) is 0.787. The average Bonchev–Trinajstić information content (AvgIpc) is 2.45. The first kappa shape index (κ1) is 9.24. The van der Waals surface area contributed by atoms with Crippen LogP contribution in [-0.2, 0) is 11.3 Å². The van der Waals surface area contributed by atoms with Gasteiger partial charge in [0.15, 0.2) is 0 Å². The molecule has 4 heteroatoms. The van der Waals surface area contributed by atoms with E-state index in [9.17, 15) is 4.79 Å². The number of amides is 1. The summed E-state index contributed by atoms with van der Waals surface area (Å²) < 4.78 is 4.90. The zero-order chi connectivity index (χ0) is 9.97. The number of hydrogen-bond acceptors (Lipinski definition) is 3. The molecule has 1 aromatic heterocycles. The van der Waals surface area contributed by atoms with Crippen molar-refractivity contribution >= 4 is 5.91 Å². The Morgan fingerprint density at radius 2 is 2.50 bits per heavy atom. The lowest BCUT2D eigenvalue weighted by Gasteiger charge is -2.23. The quantitative estimate of drug-likeness (QED) is 0.791. The molecular weight excluding hydrogens is 180 g/mol. The number of hydrogen-bond donors (Lipinski definition) is 1. The highest BCUT2D eigenvalue weighted by Crippen LogP contribution is 2.26. The lowest BCUT2D eigenvalue weighted by molar-refractivity contribution is -0.127. The zero-order valence-electron chi connectivity index (χ0n) is 8.25. The van der Waals surface area contributed by atoms with Crippen molar-refractivity contribution < 1.29 is 9.32 Å². The third-order valence-corrected chi connectivity index (χ3v) is 2.60. The zero-order valence-corrected chi connectivity index (χ0v) is 8.25. The number of rotatable bonds is 3. The second kappa shape index (κ2) is 3.82. The molecule has 1 aliphatic carbocycles. The van der Waals surface area contributed by atoms with E-state index >= 15 is 0 Å². The van der Waals surface area contributed by atoms with Gasteiger partial charge in [0.2, 0.25) is 5.91 Å². The molecule has 14 heavy (non-hydrogen) atoms. The minimum atomic E-state index is 0.150. The van der Waals surface area contributed by atoms with Crippen LogP contribution in [0.4, 0.5) is 0 Å². The van der Waals surface area contributed by atoms with Crippen molar-refractivity contribution in [2.24, 2.45) is 5.92 Å². The number of carbonyl (C=O) groups excluding carboxylic acids is 1. The van der Waals surface area contributed by atoms with Gasteiger partial charge in [0.05, 0.1) is 6.54 Å². The molecule has 1 fully saturated rings. The van der Waals surface area contributed by atoms with Gasteiger partial charge >= 0.3 is 0 Å². The summed E-state index contributed by atoms with van der Waals surface area (Å²) in [6.45, 7) is 2.32. The average molecular weight is 194 g/mol. The van der Waals surface area contributed by atoms with Crippen LogP contribution in [0.5, 0.6) is 0 Å². The lowest BCUT2D eigenvalue weighted by Crippen LogP contribution is -2.34. The maximum absolute atomic E-state index is 11.4. The van der Waals surface area contributed by atoms with E-state index in [-0.39, 0.29) is 11.8 Å². The molecule has 0 aliphatic heterocycles. The number of aromatic nitrogens is 1. The van der Waals surface area contributed by atoms with Crippen LogP contribution >= 0.6 is 0 Å². The van der Waals surface area contributed by atoms with Gasteiger partial charge < -0.3 is 9.84 Å². The van der Waals surface area contributed by atoms with Crippen molar-refractivity contribution in [3.63, 3.8) is 0 Å². The molecule has 76 valence electrons. The van der Waals surface area contributed by atoms with Crippen molar-refractivity contribution in [2.75, 3.05) is 0 Å². The van der Waals surface area contributed by atoms with Crippen LogP contribution < -0.4 is 5.32 Å². The van der Waals surface area contributed by atoms with Gasteiger partial charge in [0.1, 0.15) is 11.5 Å². The Kier molecular flexibility index (Phi) is 2.52. The molecule has 0 bridgehead atoms. The summed E-state index contributed by atoms with van der Waals surface area (Å²) >= 11 is 0. The second-order valence-electron chi connectivity index (χ2n) is 3.77. The Labute approximate surface area is 82.7 Å². The molecule has 0 atom stereocenters. The number of nitrogens with one attached hydrogen (secondary N) is 1. The molecule has 0 unspecified atom stereocenters. The highest BCUT2D eigenvalue weighted by Gasteiger charge is 2.24. The van der Waals surface area contributed by atoms with E-state index in [4.69, 9.17) is 4.52 Å². The first-order valence-electron chi connectivity index (χ1n) is 4.95. The predicted molar refractivity (Wildman–Crippen MR) is 50.4 cm³/mol. The molecule has 1 heterocycles. The summed E-state index contributed by atoms with van der Waals surface area (Å²) in [7, 11) is 0. The summed E-state index contributed by atoms with van der Waals surface area (Å²) in [5, 5.41) is 6.65. The van der Waals surface area contributed by atoms with Gasteiger partial charge in [0, 0.05) is 12.0 Å². The lowest BCUT2D eigenvalue weighted by atomic mass is 9.85.